The molecule has 174 valence electrons. The van der Waals surface area contributed by atoms with Gasteiger partial charge in [-0.1, -0.05) is 42.0 Å². The SMILES string of the molecule is COc1cccc(CN2C(=O)[C@@]3(SCCN3C(=O)Nc3cccc(C)c3)c3cc(C)ccc32)c1. The van der Waals surface area contributed by atoms with Crippen LogP contribution in [0.15, 0.2) is 66.7 Å². The first-order chi connectivity index (χ1) is 16.4. The van der Waals surface area contributed by atoms with Gasteiger partial charge in [-0.15, -0.1) is 11.8 Å². The molecule has 1 N–H and O–H groups in total. The van der Waals surface area contributed by atoms with Gasteiger partial charge in [-0.25, -0.2) is 4.79 Å². The highest BCUT2D eigenvalue weighted by molar-refractivity contribution is 8.01. The molecule has 3 aromatic carbocycles. The molecule has 0 bridgehead atoms. The zero-order chi connectivity index (χ0) is 23.9. The lowest BCUT2D eigenvalue weighted by molar-refractivity contribution is -0.123. The van der Waals surface area contributed by atoms with Gasteiger partial charge in [0.05, 0.1) is 19.3 Å². The number of carbonyl (C=O) groups excluding carboxylic acids is 2. The molecule has 1 saturated heterocycles. The molecule has 0 saturated carbocycles. The second-order valence-electron chi connectivity index (χ2n) is 8.71. The minimum Gasteiger partial charge on any atom is -0.497 e. The summed E-state index contributed by atoms with van der Waals surface area (Å²) < 4.78 is 5.37. The Morgan fingerprint density at radius 3 is 2.65 bits per heavy atom. The van der Waals surface area contributed by atoms with Gasteiger partial charge < -0.3 is 15.0 Å². The normalized spacial score (nSPS) is 19.0. The van der Waals surface area contributed by atoms with Crippen LogP contribution in [0.1, 0.15) is 22.3 Å². The Bertz CT molecular complexity index is 1280. The molecule has 6 nitrogen and oxygen atoms in total. The minimum absolute atomic E-state index is 0.0854. The van der Waals surface area contributed by atoms with E-state index in [0.717, 1.165) is 39.4 Å². The third-order valence-corrected chi connectivity index (χ3v) is 7.76. The molecule has 0 radical (unpaired) electrons. The quantitative estimate of drug-likeness (QED) is 0.559. The second-order valence-corrected chi connectivity index (χ2v) is 9.99. The van der Waals surface area contributed by atoms with Gasteiger partial charge in [-0.3, -0.25) is 9.69 Å². The lowest BCUT2D eigenvalue weighted by Crippen LogP contribution is -2.51. The van der Waals surface area contributed by atoms with Crippen molar-refractivity contribution in [3.63, 3.8) is 0 Å². The summed E-state index contributed by atoms with van der Waals surface area (Å²) in [5.41, 5.74) is 5.53. The number of ether oxygens (including phenoxy) is 1. The van der Waals surface area contributed by atoms with E-state index in [1.54, 1.807) is 16.9 Å². The van der Waals surface area contributed by atoms with Crippen molar-refractivity contribution < 1.29 is 14.3 Å². The van der Waals surface area contributed by atoms with E-state index in [9.17, 15) is 9.59 Å². The van der Waals surface area contributed by atoms with Crippen LogP contribution in [0, 0.1) is 13.8 Å². The van der Waals surface area contributed by atoms with E-state index >= 15 is 0 Å². The molecule has 1 atom stereocenters. The molecule has 5 rings (SSSR count). The van der Waals surface area contributed by atoms with Gasteiger partial charge in [-0.2, -0.15) is 0 Å². The molecule has 3 amide bonds. The molecule has 0 aliphatic carbocycles. The molecule has 0 aromatic heterocycles. The van der Waals surface area contributed by atoms with Crippen LogP contribution < -0.4 is 15.0 Å². The van der Waals surface area contributed by atoms with Gasteiger partial charge in [0.25, 0.3) is 5.91 Å². The summed E-state index contributed by atoms with van der Waals surface area (Å²) in [5, 5.41) is 3.01. The van der Waals surface area contributed by atoms with E-state index in [1.807, 2.05) is 80.6 Å². The first-order valence-electron chi connectivity index (χ1n) is 11.3. The fraction of sp³-hybridized carbons (Fsp3) is 0.259. The topological polar surface area (TPSA) is 61.9 Å². The highest BCUT2D eigenvalue weighted by Crippen LogP contribution is 2.54. The first-order valence-corrected chi connectivity index (χ1v) is 12.3. The van der Waals surface area contributed by atoms with Crippen LogP contribution in [-0.4, -0.2) is 36.2 Å². The van der Waals surface area contributed by atoms with Gasteiger partial charge in [0, 0.05) is 23.5 Å². The van der Waals surface area contributed by atoms with Crippen LogP contribution in [-0.2, 0) is 16.2 Å². The van der Waals surface area contributed by atoms with E-state index in [4.69, 9.17) is 4.74 Å². The van der Waals surface area contributed by atoms with Gasteiger partial charge in [0.2, 0.25) is 0 Å². The molecular formula is C27H27N3O3S. The van der Waals surface area contributed by atoms with Gasteiger partial charge >= 0.3 is 6.03 Å². The molecule has 2 heterocycles. The second kappa shape index (κ2) is 8.72. The summed E-state index contributed by atoms with van der Waals surface area (Å²) in [6.45, 7) is 4.90. The van der Waals surface area contributed by atoms with Crippen LogP contribution in [0.4, 0.5) is 16.2 Å². The molecule has 1 spiro atoms. The number of hydrogen-bond acceptors (Lipinski definition) is 4. The third kappa shape index (κ3) is 3.70. The summed E-state index contributed by atoms with van der Waals surface area (Å²) in [7, 11) is 1.63. The van der Waals surface area contributed by atoms with Crippen LogP contribution in [0.25, 0.3) is 0 Å². The molecule has 7 heteroatoms. The summed E-state index contributed by atoms with van der Waals surface area (Å²) in [6, 6.07) is 21.2. The number of methoxy groups -OCH3 is 1. The summed E-state index contributed by atoms with van der Waals surface area (Å²) in [6.07, 6.45) is 0. The van der Waals surface area contributed by atoms with Crippen LogP contribution >= 0.6 is 11.8 Å². The van der Waals surface area contributed by atoms with E-state index in [2.05, 4.69) is 5.32 Å². The molecule has 2 aliphatic heterocycles. The predicted octanol–water partition coefficient (Wildman–Crippen LogP) is 5.29. The van der Waals surface area contributed by atoms with Gasteiger partial charge in [-0.05, 0) is 55.3 Å². The third-order valence-electron chi connectivity index (χ3n) is 6.34. The van der Waals surface area contributed by atoms with Gasteiger partial charge in [0.15, 0.2) is 4.87 Å². The molecule has 3 aromatic rings. The average Bonchev–Trinajstić information content (AvgIpc) is 3.36. The number of urea groups is 1. The Morgan fingerprint density at radius 2 is 1.85 bits per heavy atom. The molecule has 0 unspecified atom stereocenters. The van der Waals surface area contributed by atoms with Crippen molar-refractivity contribution in [2.24, 2.45) is 0 Å². The molecular weight excluding hydrogens is 446 g/mol. The summed E-state index contributed by atoms with van der Waals surface area (Å²) >= 11 is 1.53. The van der Waals surface area contributed by atoms with Crippen molar-refractivity contribution in [3.8, 4) is 5.75 Å². The van der Waals surface area contributed by atoms with Gasteiger partial charge in [0.1, 0.15) is 5.75 Å². The van der Waals surface area contributed by atoms with E-state index in [0.29, 0.717) is 18.8 Å². The number of carbonyl (C=O) groups is 2. The first kappa shape index (κ1) is 22.3. The molecule has 2 aliphatic rings. The number of fused-ring (bicyclic) bond motifs is 2. The smallest absolute Gasteiger partial charge is 0.323 e. The van der Waals surface area contributed by atoms with Crippen LogP contribution in [0.3, 0.4) is 0 Å². The lowest BCUT2D eigenvalue weighted by Gasteiger charge is -2.33. The number of nitrogens with one attached hydrogen (secondary N) is 1. The zero-order valence-corrected chi connectivity index (χ0v) is 20.3. The number of thioether (sulfide) groups is 1. The monoisotopic (exact) mass is 473 g/mol. The summed E-state index contributed by atoms with van der Waals surface area (Å²) in [5.74, 6) is 1.35. The number of aryl methyl sites for hydroxylation is 2. The highest BCUT2D eigenvalue weighted by atomic mass is 32.2. The zero-order valence-electron chi connectivity index (χ0n) is 19.5. The number of rotatable bonds is 4. The van der Waals surface area contributed by atoms with Crippen molar-refractivity contribution in [2.75, 3.05) is 29.6 Å². The molecule has 34 heavy (non-hydrogen) atoms. The number of benzene rings is 3. The lowest BCUT2D eigenvalue weighted by atomic mass is 10.0. The Labute approximate surface area is 203 Å². The number of nitrogens with zero attached hydrogens (tertiary/aromatic N) is 2. The maximum Gasteiger partial charge on any atom is 0.323 e. The van der Waals surface area contributed by atoms with E-state index in [-0.39, 0.29) is 11.9 Å². The fourth-order valence-corrected chi connectivity index (χ4v) is 6.21. The number of amides is 3. The molecule has 1 fully saturated rings. The van der Waals surface area contributed by atoms with Crippen molar-refractivity contribution in [2.45, 2.75) is 25.3 Å². The predicted molar refractivity (Wildman–Crippen MR) is 136 cm³/mol. The Kier molecular flexibility index (Phi) is 5.73. The summed E-state index contributed by atoms with van der Waals surface area (Å²) in [4.78, 5) is 30.0. The van der Waals surface area contributed by atoms with Crippen molar-refractivity contribution in [3.05, 3.63) is 89.0 Å². The largest absolute Gasteiger partial charge is 0.497 e. The van der Waals surface area contributed by atoms with E-state index in [1.165, 1.54) is 11.8 Å². The van der Waals surface area contributed by atoms with Crippen LogP contribution in [0.5, 0.6) is 5.75 Å². The fourth-order valence-electron chi connectivity index (χ4n) is 4.75. The van der Waals surface area contributed by atoms with E-state index < -0.39 is 4.87 Å². The van der Waals surface area contributed by atoms with Crippen LogP contribution in [0.2, 0.25) is 0 Å². The van der Waals surface area contributed by atoms with Crippen molar-refractivity contribution >= 4 is 35.1 Å². The average molecular weight is 474 g/mol. The van der Waals surface area contributed by atoms with Crippen molar-refractivity contribution in [1.29, 1.82) is 0 Å². The minimum atomic E-state index is -1.08. The Balaban J connectivity index is 1.53. The maximum absolute atomic E-state index is 14.1. The standard InChI is InChI=1S/C27H27N3O3S/c1-18-6-4-8-21(14-18)28-26(32)30-12-13-34-27(30)23-15-19(2)10-11-24(23)29(25(27)31)17-20-7-5-9-22(16-20)33-3/h4-11,14-16H,12-13,17H2,1-3H3,(H,28,32)/t27-/m0/s1. The Morgan fingerprint density at radius 1 is 1.06 bits per heavy atom. The number of anilines is 2. The Hall–Kier alpha value is -3.45. The highest BCUT2D eigenvalue weighted by Gasteiger charge is 2.59. The maximum atomic E-state index is 14.1. The van der Waals surface area contributed by atoms with Crippen molar-refractivity contribution in [1.82, 2.24) is 4.90 Å². The number of hydrogen-bond donors (Lipinski definition) is 1.